The number of nitrogens with zero attached hydrogens (tertiary/aromatic N) is 1. The monoisotopic (exact) mass is 406 g/mol. The number of methoxy groups -OCH3 is 2. The molecule has 1 N–H and O–H groups in total. The van der Waals surface area contributed by atoms with Crippen LogP contribution in [0.15, 0.2) is 23.1 Å². The van der Waals surface area contributed by atoms with Crippen LogP contribution in [0.4, 0.5) is 0 Å². The molecule has 26 heavy (non-hydrogen) atoms. The smallest absolute Gasteiger partial charge is 0.341 e. The minimum absolute atomic E-state index is 0. The van der Waals surface area contributed by atoms with E-state index >= 15 is 0 Å². The number of nitrogens with one attached hydrogen (secondary N) is 1. The summed E-state index contributed by atoms with van der Waals surface area (Å²) in [7, 11) is -1.00. The third-order valence-corrected chi connectivity index (χ3v) is 6.29. The second-order valence-corrected chi connectivity index (χ2v) is 7.84. The molecule has 0 radical (unpaired) electrons. The van der Waals surface area contributed by atoms with Crippen molar-refractivity contribution in [1.82, 2.24) is 9.62 Å². The van der Waals surface area contributed by atoms with E-state index in [2.05, 4.69) is 5.32 Å². The molecule has 0 bridgehead atoms. The number of hydrogen-bond donors (Lipinski definition) is 1. The zero-order valence-electron chi connectivity index (χ0n) is 15.4. The minimum Gasteiger partial charge on any atom is -0.496 e. The van der Waals surface area contributed by atoms with Crippen molar-refractivity contribution in [3.8, 4) is 5.75 Å². The first-order valence-corrected chi connectivity index (χ1v) is 9.88. The van der Waals surface area contributed by atoms with Gasteiger partial charge in [-0.1, -0.05) is 6.92 Å². The molecule has 1 heterocycles. The van der Waals surface area contributed by atoms with Crippen LogP contribution in [-0.4, -0.2) is 58.6 Å². The predicted molar refractivity (Wildman–Crippen MR) is 102 cm³/mol. The highest BCUT2D eigenvalue weighted by Gasteiger charge is 2.32. The van der Waals surface area contributed by atoms with Crippen LogP contribution in [0.2, 0.25) is 0 Å². The van der Waals surface area contributed by atoms with E-state index in [1.54, 1.807) is 4.31 Å². The SMILES string of the molecule is CCCN(C1CCNCC1)S(=O)(=O)c1ccc(C(=O)OC)c(OC)c1.Cl. The Bertz CT molecular complexity index is 705. The number of piperidine rings is 1. The molecule has 148 valence electrons. The topological polar surface area (TPSA) is 84.9 Å². The first-order valence-electron chi connectivity index (χ1n) is 8.44. The first kappa shape index (κ1) is 22.7. The number of hydrogen-bond acceptors (Lipinski definition) is 6. The quantitative estimate of drug-likeness (QED) is 0.697. The lowest BCUT2D eigenvalue weighted by molar-refractivity contribution is 0.0597. The van der Waals surface area contributed by atoms with Crippen LogP contribution in [-0.2, 0) is 14.8 Å². The molecule has 1 fully saturated rings. The summed E-state index contributed by atoms with van der Waals surface area (Å²) >= 11 is 0. The fraction of sp³-hybridized carbons (Fsp3) is 0.588. The normalized spacial score (nSPS) is 15.4. The molecule has 0 atom stereocenters. The molecule has 1 saturated heterocycles. The van der Waals surface area contributed by atoms with E-state index < -0.39 is 16.0 Å². The molecule has 2 rings (SSSR count). The van der Waals surface area contributed by atoms with Gasteiger partial charge in [0.15, 0.2) is 0 Å². The number of sulfonamides is 1. The molecule has 0 saturated carbocycles. The van der Waals surface area contributed by atoms with E-state index in [1.807, 2.05) is 6.92 Å². The van der Waals surface area contributed by atoms with Gasteiger partial charge < -0.3 is 14.8 Å². The van der Waals surface area contributed by atoms with Gasteiger partial charge in [-0.15, -0.1) is 12.4 Å². The van der Waals surface area contributed by atoms with Crippen molar-refractivity contribution < 1.29 is 22.7 Å². The summed E-state index contributed by atoms with van der Waals surface area (Å²) in [5.74, 6) is -0.376. The predicted octanol–water partition coefficient (Wildman–Crippen LogP) is 2.06. The maximum atomic E-state index is 13.2. The van der Waals surface area contributed by atoms with E-state index in [0.29, 0.717) is 6.54 Å². The highest BCUT2D eigenvalue weighted by atomic mass is 35.5. The van der Waals surface area contributed by atoms with Crippen molar-refractivity contribution in [1.29, 1.82) is 0 Å². The summed E-state index contributed by atoms with van der Waals surface area (Å²) in [6.45, 7) is 4.05. The van der Waals surface area contributed by atoms with Crippen LogP contribution in [0.25, 0.3) is 0 Å². The summed E-state index contributed by atoms with van der Waals surface area (Å²) in [6.07, 6.45) is 2.31. The Morgan fingerprint density at radius 2 is 1.92 bits per heavy atom. The summed E-state index contributed by atoms with van der Waals surface area (Å²) in [5, 5.41) is 3.25. The molecular weight excluding hydrogens is 380 g/mol. The summed E-state index contributed by atoms with van der Waals surface area (Å²) in [6, 6.07) is 4.25. The number of halogens is 1. The van der Waals surface area contributed by atoms with Gasteiger partial charge in [-0.3, -0.25) is 0 Å². The van der Waals surface area contributed by atoms with Gasteiger partial charge in [-0.25, -0.2) is 13.2 Å². The number of rotatable bonds is 7. The van der Waals surface area contributed by atoms with Gasteiger partial charge in [0.25, 0.3) is 0 Å². The second-order valence-electron chi connectivity index (χ2n) is 5.95. The molecule has 0 spiro atoms. The molecule has 0 aliphatic carbocycles. The van der Waals surface area contributed by atoms with E-state index in [9.17, 15) is 13.2 Å². The zero-order valence-corrected chi connectivity index (χ0v) is 17.0. The number of ether oxygens (including phenoxy) is 2. The van der Waals surface area contributed by atoms with Gasteiger partial charge in [0, 0.05) is 18.7 Å². The number of carbonyl (C=O) groups is 1. The van der Waals surface area contributed by atoms with Crippen molar-refractivity contribution >= 4 is 28.4 Å². The zero-order chi connectivity index (χ0) is 18.4. The van der Waals surface area contributed by atoms with Crippen LogP contribution in [0.5, 0.6) is 5.75 Å². The van der Waals surface area contributed by atoms with E-state index in [-0.39, 0.29) is 34.7 Å². The minimum atomic E-state index is -3.67. The van der Waals surface area contributed by atoms with Crippen molar-refractivity contribution in [3.05, 3.63) is 23.8 Å². The average molecular weight is 407 g/mol. The molecule has 1 aliphatic rings. The largest absolute Gasteiger partial charge is 0.496 e. The molecule has 1 aromatic rings. The maximum absolute atomic E-state index is 13.2. The molecule has 0 amide bonds. The lowest BCUT2D eigenvalue weighted by atomic mass is 10.1. The van der Waals surface area contributed by atoms with Gasteiger partial charge in [0.05, 0.1) is 19.1 Å². The summed E-state index contributed by atoms with van der Waals surface area (Å²) < 4.78 is 37.8. The molecule has 9 heteroatoms. The van der Waals surface area contributed by atoms with E-state index in [1.165, 1.54) is 32.4 Å². The van der Waals surface area contributed by atoms with Crippen LogP contribution in [0, 0.1) is 0 Å². The van der Waals surface area contributed by atoms with Crippen molar-refractivity contribution in [2.24, 2.45) is 0 Å². The van der Waals surface area contributed by atoms with Gasteiger partial charge in [0.2, 0.25) is 10.0 Å². The third kappa shape index (κ3) is 4.88. The van der Waals surface area contributed by atoms with Crippen molar-refractivity contribution in [2.45, 2.75) is 37.1 Å². The number of carbonyl (C=O) groups excluding carboxylic acids is 1. The Hall–Kier alpha value is -1.35. The molecular formula is C17H27ClN2O5S. The highest BCUT2D eigenvalue weighted by Crippen LogP contribution is 2.28. The molecule has 1 aromatic carbocycles. The van der Waals surface area contributed by atoms with Crippen LogP contribution in [0.3, 0.4) is 0 Å². The van der Waals surface area contributed by atoms with Crippen molar-refractivity contribution in [3.63, 3.8) is 0 Å². The van der Waals surface area contributed by atoms with Crippen LogP contribution < -0.4 is 10.1 Å². The number of benzene rings is 1. The summed E-state index contributed by atoms with van der Waals surface area (Å²) in [4.78, 5) is 11.9. The second kappa shape index (κ2) is 10.1. The average Bonchev–Trinajstić information content (AvgIpc) is 2.65. The number of esters is 1. The lowest BCUT2D eigenvalue weighted by Crippen LogP contribution is -2.46. The molecule has 7 nitrogen and oxygen atoms in total. The standard InChI is InChI=1S/C17H26N2O5S.ClH/c1-4-11-19(13-7-9-18-10-8-13)25(21,22)14-5-6-15(17(20)24-3)16(12-14)23-2;/h5-6,12-13,18H,4,7-11H2,1-3H3;1H. The van der Waals surface area contributed by atoms with Gasteiger partial charge >= 0.3 is 5.97 Å². The molecule has 0 unspecified atom stereocenters. The fourth-order valence-corrected chi connectivity index (χ4v) is 4.85. The Balaban J connectivity index is 0.00000338. The van der Waals surface area contributed by atoms with Gasteiger partial charge in [0.1, 0.15) is 11.3 Å². The first-order chi connectivity index (χ1) is 12.0. The lowest BCUT2D eigenvalue weighted by Gasteiger charge is -2.33. The summed E-state index contributed by atoms with van der Waals surface area (Å²) in [5.41, 5.74) is 0.202. The van der Waals surface area contributed by atoms with Crippen LogP contribution in [0.1, 0.15) is 36.5 Å². The van der Waals surface area contributed by atoms with E-state index in [0.717, 1.165) is 32.4 Å². The Morgan fingerprint density at radius 3 is 2.46 bits per heavy atom. The Kier molecular flexibility index (Phi) is 8.82. The third-order valence-electron chi connectivity index (χ3n) is 4.34. The molecule has 1 aliphatic heterocycles. The van der Waals surface area contributed by atoms with Gasteiger partial charge in [-0.2, -0.15) is 4.31 Å². The van der Waals surface area contributed by atoms with Gasteiger partial charge in [-0.05, 0) is 44.5 Å². The van der Waals surface area contributed by atoms with Crippen molar-refractivity contribution in [2.75, 3.05) is 33.9 Å². The Labute approximate surface area is 161 Å². The Morgan fingerprint density at radius 1 is 1.27 bits per heavy atom. The van der Waals surface area contributed by atoms with Crippen LogP contribution >= 0.6 is 12.4 Å². The maximum Gasteiger partial charge on any atom is 0.341 e. The van der Waals surface area contributed by atoms with E-state index in [4.69, 9.17) is 9.47 Å². The molecule has 0 aromatic heterocycles. The highest BCUT2D eigenvalue weighted by molar-refractivity contribution is 7.89. The fourth-order valence-electron chi connectivity index (χ4n) is 3.06.